The van der Waals surface area contributed by atoms with Crippen molar-refractivity contribution in [2.24, 2.45) is 0 Å². The SMILES string of the molecule is CCNC(=O)[C@H](Cc1ccccc1)N(Cc1cccc(Cl)c1)C(=O)CN(c1cc(Cl)ccc1C)S(C)(=O)=O. The molecule has 202 valence electrons. The number of sulfonamides is 1. The fourth-order valence-electron chi connectivity index (χ4n) is 4.12. The Morgan fingerprint density at radius 1 is 0.921 bits per heavy atom. The van der Waals surface area contributed by atoms with Gasteiger partial charge in [0.15, 0.2) is 0 Å². The first-order valence-electron chi connectivity index (χ1n) is 12.1. The third-order valence-electron chi connectivity index (χ3n) is 5.98. The molecule has 0 spiro atoms. The minimum atomic E-state index is -3.87. The van der Waals surface area contributed by atoms with E-state index in [4.69, 9.17) is 23.2 Å². The summed E-state index contributed by atoms with van der Waals surface area (Å²) in [6, 6.07) is 20.3. The summed E-state index contributed by atoms with van der Waals surface area (Å²) >= 11 is 12.4. The number of rotatable bonds is 11. The molecule has 0 unspecified atom stereocenters. The fourth-order valence-corrected chi connectivity index (χ4v) is 5.40. The monoisotopic (exact) mass is 575 g/mol. The summed E-state index contributed by atoms with van der Waals surface area (Å²) in [5, 5.41) is 3.65. The predicted molar refractivity (Wildman–Crippen MR) is 153 cm³/mol. The Labute approximate surface area is 234 Å². The van der Waals surface area contributed by atoms with Crippen LogP contribution in [-0.4, -0.2) is 50.5 Å². The van der Waals surface area contributed by atoms with Crippen LogP contribution in [0.5, 0.6) is 0 Å². The molecule has 0 heterocycles. The molecule has 0 aliphatic carbocycles. The number of likely N-dealkylation sites (N-methyl/N-ethyl adjacent to an activating group) is 1. The first-order chi connectivity index (χ1) is 18.0. The lowest BCUT2D eigenvalue weighted by Crippen LogP contribution is -2.53. The molecule has 3 rings (SSSR count). The summed E-state index contributed by atoms with van der Waals surface area (Å²) in [6.45, 7) is 3.46. The maximum absolute atomic E-state index is 14.0. The Hall–Kier alpha value is -3.07. The average Bonchev–Trinajstić information content (AvgIpc) is 2.86. The van der Waals surface area contributed by atoms with Crippen molar-refractivity contribution in [3.05, 3.63) is 99.5 Å². The van der Waals surface area contributed by atoms with Gasteiger partial charge in [0.2, 0.25) is 21.8 Å². The largest absolute Gasteiger partial charge is 0.355 e. The highest BCUT2D eigenvalue weighted by molar-refractivity contribution is 7.92. The highest BCUT2D eigenvalue weighted by Crippen LogP contribution is 2.27. The minimum Gasteiger partial charge on any atom is -0.355 e. The molecule has 0 aliphatic heterocycles. The van der Waals surface area contributed by atoms with Crippen molar-refractivity contribution in [2.45, 2.75) is 32.9 Å². The van der Waals surface area contributed by atoms with E-state index in [0.717, 1.165) is 16.1 Å². The van der Waals surface area contributed by atoms with Gasteiger partial charge in [-0.15, -0.1) is 0 Å². The van der Waals surface area contributed by atoms with Crippen LogP contribution in [0.15, 0.2) is 72.8 Å². The molecule has 7 nitrogen and oxygen atoms in total. The van der Waals surface area contributed by atoms with Crippen molar-refractivity contribution in [2.75, 3.05) is 23.7 Å². The molecule has 0 saturated heterocycles. The van der Waals surface area contributed by atoms with Gasteiger partial charge in [-0.25, -0.2) is 8.42 Å². The van der Waals surface area contributed by atoms with E-state index in [9.17, 15) is 18.0 Å². The summed E-state index contributed by atoms with van der Waals surface area (Å²) in [6.07, 6.45) is 1.28. The Bertz CT molecular complexity index is 1380. The molecule has 0 fully saturated rings. The van der Waals surface area contributed by atoms with Crippen LogP contribution in [0.1, 0.15) is 23.6 Å². The zero-order valence-corrected chi connectivity index (χ0v) is 23.9. The van der Waals surface area contributed by atoms with E-state index in [1.807, 2.05) is 30.3 Å². The number of anilines is 1. The summed E-state index contributed by atoms with van der Waals surface area (Å²) in [5.74, 6) is -0.876. The van der Waals surface area contributed by atoms with Gasteiger partial charge >= 0.3 is 0 Å². The van der Waals surface area contributed by atoms with E-state index in [2.05, 4.69) is 5.32 Å². The van der Waals surface area contributed by atoms with Crippen LogP contribution in [0, 0.1) is 6.92 Å². The summed E-state index contributed by atoms with van der Waals surface area (Å²) in [5.41, 5.74) is 2.50. The number of carbonyl (C=O) groups excluding carboxylic acids is 2. The van der Waals surface area contributed by atoms with Crippen LogP contribution in [0.2, 0.25) is 10.0 Å². The van der Waals surface area contributed by atoms with Crippen LogP contribution in [0.25, 0.3) is 0 Å². The number of hydrogen-bond acceptors (Lipinski definition) is 4. The van der Waals surface area contributed by atoms with Crippen molar-refractivity contribution >= 4 is 50.7 Å². The molecule has 3 aromatic carbocycles. The summed E-state index contributed by atoms with van der Waals surface area (Å²) < 4.78 is 26.8. The molecular weight excluding hydrogens is 545 g/mol. The molecule has 2 amide bonds. The Morgan fingerprint density at radius 2 is 1.58 bits per heavy atom. The van der Waals surface area contributed by atoms with Crippen LogP contribution >= 0.6 is 23.2 Å². The molecule has 3 aromatic rings. The second-order valence-corrected chi connectivity index (χ2v) is 11.7. The molecule has 0 aromatic heterocycles. The van der Waals surface area contributed by atoms with Gasteiger partial charge in [0.1, 0.15) is 12.6 Å². The number of halogens is 2. The second-order valence-electron chi connectivity index (χ2n) is 8.95. The third kappa shape index (κ3) is 7.96. The highest BCUT2D eigenvalue weighted by atomic mass is 35.5. The van der Waals surface area contributed by atoms with Gasteiger partial charge < -0.3 is 10.2 Å². The smallest absolute Gasteiger partial charge is 0.244 e. The number of nitrogens with zero attached hydrogens (tertiary/aromatic N) is 2. The van der Waals surface area contributed by atoms with Gasteiger partial charge in [0.05, 0.1) is 11.9 Å². The molecule has 1 atom stereocenters. The van der Waals surface area contributed by atoms with Crippen LogP contribution in [0.3, 0.4) is 0 Å². The topological polar surface area (TPSA) is 86.8 Å². The van der Waals surface area contributed by atoms with Crippen LogP contribution < -0.4 is 9.62 Å². The third-order valence-corrected chi connectivity index (χ3v) is 7.58. The summed E-state index contributed by atoms with van der Waals surface area (Å²) in [7, 11) is -3.87. The van der Waals surface area contributed by atoms with Gasteiger partial charge in [-0.3, -0.25) is 13.9 Å². The van der Waals surface area contributed by atoms with Crippen molar-refractivity contribution in [3.8, 4) is 0 Å². The van der Waals surface area contributed by atoms with Crippen molar-refractivity contribution < 1.29 is 18.0 Å². The number of hydrogen-bond donors (Lipinski definition) is 1. The number of amides is 2. The zero-order chi connectivity index (χ0) is 27.9. The first-order valence-corrected chi connectivity index (χ1v) is 14.7. The zero-order valence-electron chi connectivity index (χ0n) is 21.5. The second kappa shape index (κ2) is 13.1. The highest BCUT2D eigenvalue weighted by Gasteiger charge is 2.33. The summed E-state index contributed by atoms with van der Waals surface area (Å²) in [4.78, 5) is 28.7. The quantitative estimate of drug-likeness (QED) is 0.354. The van der Waals surface area contributed by atoms with Gasteiger partial charge in [-0.1, -0.05) is 71.7 Å². The Balaban J connectivity index is 2.07. The lowest BCUT2D eigenvalue weighted by molar-refractivity contribution is -0.140. The molecule has 0 saturated carbocycles. The van der Waals surface area contributed by atoms with E-state index < -0.39 is 28.5 Å². The lowest BCUT2D eigenvalue weighted by Gasteiger charge is -2.33. The van der Waals surface area contributed by atoms with Crippen molar-refractivity contribution in [3.63, 3.8) is 0 Å². The Kier molecular flexibility index (Phi) is 10.2. The first kappa shape index (κ1) is 29.5. The molecular formula is C28H31Cl2N3O4S. The van der Waals surface area contributed by atoms with Gasteiger partial charge in [0.25, 0.3) is 0 Å². The fraction of sp³-hybridized carbons (Fsp3) is 0.286. The number of aryl methyl sites for hydroxylation is 1. The molecule has 10 heteroatoms. The maximum Gasteiger partial charge on any atom is 0.244 e. The van der Waals surface area contributed by atoms with E-state index >= 15 is 0 Å². The van der Waals surface area contributed by atoms with E-state index in [1.165, 1.54) is 11.0 Å². The molecule has 0 aliphatic rings. The number of benzene rings is 3. The Morgan fingerprint density at radius 3 is 2.21 bits per heavy atom. The van der Waals surface area contributed by atoms with Crippen LogP contribution in [-0.2, 0) is 32.6 Å². The van der Waals surface area contributed by atoms with E-state index in [0.29, 0.717) is 33.4 Å². The van der Waals surface area contributed by atoms with Gasteiger partial charge in [-0.2, -0.15) is 0 Å². The molecule has 0 bridgehead atoms. The molecule has 0 radical (unpaired) electrons. The molecule has 38 heavy (non-hydrogen) atoms. The number of carbonyl (C=O) groups is 2. The average molecular weight is 577 g/mol. The normalized spacial score (nSPS) is 12.0. The van der Waals surface area contributed by atoms with Crippen LogP contribution in [0.4, 0.5) is 5.69 Å². The van der Waals surface area contributed by atoms with Crippen molar-refractivity contribution in [1.29, 1.82) is 0 Å². The number of nitrogens with one attached hydrogen (secondary N) is 1. The van der Waals surface area contributed by atoms with E-state index in [1.54, 1.807) is 50.2 Å². The van der Waals surface area contributed by atoms with Gasteiger partial charge in [0, 0.05) is 29.6 Å². The predicted octanol–water partition coefficient (Wildman–Crippen LogP) is 4.84. The standard InChI is InChI=1S/C28H31Cl2N3O4S/c1-4-31-28(35)26(16-21-9-6-5-7-10-21)32(18-22-11-8-12-23(29)15-22)27(34)19-33(38(3,36)37)25-17-24(30)14-13-20(25)2/h5-15,17,26H,4,16,18-19H2,1-3H3,(H,31,35)/t26-/m0/s1. The minimum absolute atomic E-state index is 0.0557. The molecule has 1 N–H and O–H groups in total. The van der Waals surface area contributed by atoms with E-state index in [-0.39, 0.29) is 18.9 Å². The lowest BCUT2D eigenvalue weighted by atomic mass is 10.0. The van der Waals surface area contributed by atoms with Crippen molar-refractivity contribution in [1.82, 2.24) is 10.2 Å². The van der Waals surface area contributed by atoms with Gasteiger partial charge in [-0.05, 0) is 54.8 Å². The maximum atomic E-state index is 14.0.